The lowest BCUT2D eigenvalue weighted by Crippen LogP contribution is -2.33. The van der Waals surface area contributed by atoms with E-state index < -0.39 is 5.91 Å². The summed E-state index contributed by atoms with van der Waals surface area (Å²) < 4.78 is 0. The van der Waals surface area contributed by atoms with E-state index in [0.717, 1.165) is 10.8 Å². The van der Waals surface area contributed by atoms with Gasteiger partial charge in [-0.05, 0) is 17.5 Å². The van der Waals surface area contributed by atoms with Crippen LogP contribution in [0, 0.1) is 0 Å². The van der Waals surface area contributed by atoms with Crippen LogP contribution in [0.15, 0.2) is 60.9 Å². The standard InChI is InChI=1S/C18H14ClN3O2/c19-15-10-20-9-8-14(15)18(24)21-11-17(23)22-16-7-3-5-12-4-1-2-6-13(12)16/h1-10H,11H2,(H,21,24)(H,22,23). The Morgan fingerprint density at radius 1 is 1.04 bits per heavy atom. The molecule has 0 saturated heterocycles. The maximum absolute atomic E-state index is 12.1. The van der Waals surface area contributed by atoms with Gasteiger partial charge in [0.25, 0.3) is 5.91 Å². The lowest BCUT2D eigenvalue weighted by atomic mass is 10.1. The van der Waals surface area contributed by atoms with Gasteiger partial charge in [-0.1, -0.05) is 48.0 Å². The molecule has 0 radical (unpaired) electrons. The minimum atomic E-state index is -0.421. The second-order valence-corrected chi connectivity index (χ2v) is 5.52. The summed E-state index contributed by atoms with van der Waals surface area (Å²) >= 11 is 5.91. The summed E-state index contributed by atoms with van der Waals surface area (Å²) in [6, 6.07) is 14.9. The zero-order valence-corrected chi connectivity index (χ0v) is 13.4. The molecular formula is C18H14ClN3O2. The van der Waals surface area contributed by atoms with E-state index in [2.05, 4.69) is 15.6 Å². The summed E-state index contributed by atoms with van der Waals surface area (Å²) in [7, 11) is 0. The maximum Gasteiger partial charge on any atom is 0.253 e. The molecular weight excluding hydrogens is 326 g/mol. The number of hydrogen-bond acceptors (Lipinski definition) is 3. The summed E-state index contributed by atoms with van der Waals surface area (Å²) in [5, 5.41) is 7.56. The third kappa shape index (κ3) is 3.52. The Hall–Kier alpha value is -2.92. The van der Waals surface area contributed by atoms with Crippen molar-refractivity contribution in [2.45, 2.75) is 0 Å². The number of pyridine rings is 1. The van der Waals surface area contributed by atoms with Gasteiger partial charge < -0.3 is 10.6 Å². The lowest BCUT2D eigenvalue weighted by molar-refractivity contribution is -0.115. The Labute approximate surface area is 143 Å². The maximum atomic E-state index is 12.1. The van der Waals surface area contributed by atoms with Gasteiger partial charge in [0.1, 0.15) is 0 Å². The number of amides is 2. The number of anilines is 1. The largest absolute Gasteiger partial charge is 0.343 e. The first-order chi connectivity index (χ1) is 11.6. The highest BCUT2D eigenvalue weighted by molar-refractivity contribution is 6.33. The van der Waals surface area contributed by atoms with Crippen molar-refractivity contribution in [3.8, 4) is 0 Å². The molecule has 2 N–H and O–H groups in total. The molecule has 3 rings (SSSR count). The minimum Gasteiger partial charge on any atom is -0.343 e. The van der Waals surface area contributed by atoms with Crippen molar-refractivity contribution >= 4 is 39.9 Å². The number of benzene rings is 2. The SMILES string of the molecule is O=C(CNC(=O)c1ccncc1Cl)Nc1cccc2ccccc12. The van der Waals surface area contributed by atoms with Crippen molar-refractivity contribution in [1.82, 2.24) is 10.3 Å². The van der Waals surface area contributed by atoms with Gasteiger partial charge in [0.15, 0.2) is 0 Å². The van der Waals surface area contributed by atoms with E-state index in [4.69, 9.17) is 11.6 Å². The fourth-order valence-corrected chi connectivity index (χ4v) is 2.55. The van der Waals surface area contributed by atoms with Gasteiger partial charge in [-0.3, -0.25) is 14.6 Å². The summed E-state index contributed by atoms with van der Waals surface area (Å²) in [4.78, 5) is 28.0. The minimum absolute atomic E-state index is 0.152. The third-order valence-corrected chi connectivity index (χ3v) is 3.79. The van der Waals surface area contributed by atoms with Crippen LogP contribution in [-0.2, 0) is 4.79 Å². The number of aromatic nitrogens is 1. The van der Waals surface area contributed by atoms with Crippen molar-refractivity contribution < 1.29 is 9.59 Å². The van der Waals surface area contributed by atoms with Crippen molar-refractivity contribution in [3.63, 3.8) is 0 Å². The highest BCUT2D eigenvalue weighted by Crippen LogP contribution is 2.22. The van der Waals surface area contributed by atoms with Crippen molar-refractivity contribution in [1.29, 1.82) is 0 Å². The molecule has 0 unspecified atom stereocenters. The first-order valence-corrected chi connectivity index (χ1v) is 7.68. The Morgan fingerprint density at radius 2 is 1.83 bits per heavy atom. The number of halogens is 1. The molecule has 3 aromatic rings. The number of carbonyl (C=O) groups excluding carboxylic acids is 2. The van der Waals surface area contributed by atoms with Crippen LogP contribution in [0.1, 0.15) is 10.4 Å². The highest BCUT2D eigenvalue weighted by atomic mass is 35.5. The molecule has 0 aliphatic heterocycles. The number of hydrogen-bond donors (Lipinski definition) is 2. The zero-order chi connectivity index (χ0) is 16.9. The van der Waals surface area contributed by atoms with Gasteiger partial charge in [-0.25, -0.2) is 0 Å². The van der Waals surface area contributed by atoms with Gasteiger partial charge in [0.05, 0.1) is 17.1 Å². The molecule has 1 heterocycles. The monoisotopic (exact) mass is 339 g/mol. The molecule has 6 heteroatoms. The van der Waals surface area contributed by atoms with Crippen molar-refractivity contribution in [2.75, 3.05) is 11.9 Å². The Kier molecular flexibility index (Phi) is 4.72. The summed E-state index contributed by atoms with van der Waals surface area (Å²) in [6.07, 6.45) is 2.85. The van der Waals surface area contributed by atoms with Gasteiger partial charge in [-0.2, -0.15) is 0 Å². The molecule has 2 aromatic carbocycles. The fraction of sp³-hybridized carbons (Fsp3) is 0.0556. The molecule has 0 aliphatic rings. The van der Waals surface area contributed by atoms with Crippen molar-refractivity contribution in [2.24, 2.45) is 0 Å². The van der Waals surface area contributed by atoms with E-state index >= 15 is 0 Å². The molecule has 1 aromatic heterocycles. The van der Waals surface area contributed by atoms with Crippen LogP contribution in [0.25, 0.3) is 10.8 Å². The average Bonchev–Trinajstić information content (AvgIpc) is 2.60. The molecule has 0 aliphatic carbocycles. The number of fused-ring (bicyclic) bond motifs is 1. The lowest BCUT2D eigenvalue weighted by Gasteiger charge is -2.10. The van der Waals surface area contributed by atoms with Crippen molar-refractivity contribution in [3.05, 3.63) is 71.5 Å². The van der Waals surface area contributed by atoms with E-state index in [9.17, 15) is 9.59 Å². The number of nitrogens with one attached hydrogen (secondary N) is 2. The topological polar surface area (TPSA) is 71.1 Å². The predicted octanol–water partition coefficient (Wildman–Crippen LogP) is 3.26. The van der Waals surface area contributed by atoms with Crippen LogP contribution in [0.3, 0.4) is 0 Å². The van der Waals surface area contributed by atoms with Crippen LogP contribution in [0.4, 0.5) is 5.69 Å². The van der Waals surface area contributed by atoms with Crippen LogP contribution in [0.2, 0.25) is 5.02 Å². The predicted molar refractivity (Wildman–Crippen MR) is 94.2 cm³/mol. The Balaban J connectivity index is 1.66. The zero-order valence-electron chi connectivity index (χ0n) is 12.6. The molecule has 24 heavy (non-hydrogen) atoms. The third-order valence-electron chi connectivity index (χ3n) is 3.49. The first-order valence-electron chi connectivity index (χ1n) is 7.30. The second kappa shape index (κ2) is 7.10. The van der Waals surface area contributed by atoms with E-state index in [1.165, 1.54) is 18.5 Å². The van der Waals surface area contributed by atoms with E-state index in [-0.39, 0.29) is 23.0 Å². The molecule has 0 atom stereocenters. The summed E-state index contributed by atoms with van der Waals surface area (Å²) in [5.41, 5.74) is 0.985. The highest BCUT2D eigenvalue weighted by Gasteiger charge is 2.12. The number of nitrogens with zero attached hydrogens (tertiary/aromatic N) is 1. The Bertz CT molecular complexity index is 906. The molecule has 0 saturated carbocycles. The summed E-state index contributed by atoms with van der Waals surface area (Å²) in [6.45, 7) is -0.152. The van der Waals surface area contributed by atoms with Gasteiger partial charge in [0.2, 0.25) is 5.91 Å². The van der Waals surface area contributed by atoms with E-state index in [1.54, 1.807) is 0 Å². The smallest absolute Gasteiger partial charge is 0.253 e. The Morgan fingerprint density at radius 3 is 2.67 bits per heavy atom. The molecule has 0 fully saturated rings. The normalized spacial score (nSPS) is 10.4. The summed E-state index contributed by atoms with van der Waals surface area (Å²) in [5.74, 6) is -0.736. The first kappa shape index (κ1) is 16.0. The van der Waals surface area contributed by atoms with Gasteiger partial charge in [0, 0.05) is 23.5 Å². The number of rotatable bonds is 4. The molecule has 5 nitrogen and oxygen atoms in total. The fourth-order valence-electron chi connectivity index (χ4n) is 2.34. The molecule has 0 bridgehead atoms. The molecule has 2 amide bonds. The van der Waals surface area contributed by atoms with Crippen LogP contribution < -0.4 is 10.6 Å². The average molecular weight is 340 g/mol. The van der Waals surface area contributed by atoms with Gasteiger partial charge >= 0.3 is 0 Å². The van der Waals surface area contributed by atoms with Crippen LogP contribution >= 0.6 is 11.6 Å². The van der Waals surface area contributed by atoms with E-state index in [1.807, 2.05) is 42.5 Å². The second-order valence-electron chi connectivity index (χ2n) is 5.11. The molecule has 0 spiro atoms. The number of carbonyl (C=O) groups is 2. The molecule has 120 valence electrons. The van der Waals surface area contributed by atoms with Crippen LogP contribution in [-0.4, -0.2) is 23.3 Å². The van der Waals surface area contributed by atoms with Crippen LogP contribution in [0.5, 0.6) is 0 Å². The quantitative estimate of drug-likeness (QED) is 0.766. The van der Waals surface area contributed by atoms with E-state index in [0.29, 0.717) is 5.69 Å². The van der Waals surface area contributed by atoms with Gasteiger partial charge in [-0.15, -0.1) is 0 Å².